The predicted molar refractivity (Wildman–Crippen MR) is 183 cm³/mol. The van der Waals surface area contributed by atoms with Gasteiger partial charge in [-0.15, -0.1) is 0 Å². The average Bonchev–Trinajstić information content (AvgIpc) is 3.06. The van der Waals surface area contributed by atoms with Gasteiger partial charge in [0, 0.05) is 31.4 Å². The molecule has 48 heavy (non-hydrogen) atoms. The van der Waals surface area contributed by atoms with Crippen LogP contribution in [0.5, 0.6) is 0 Å². The van der Waals surface area contributed by atoms with Gasteiger partial charge in [-0.05, 0) is 42.0 Å². The quantitative estimate of drug-likeness (QED) is 0.0596. The Labute approximate surface area is 278 Å². The highest BCUT2D eigenvalue weighted by Gasteiger charge is 2.35. The third-order valence-corrected chi connectivity index (χ3v) is 7.52. The summed E-state index contributed by atoms with van der Waals surface area (Å²) in [4.78, 5) is 64.1. The number of aromatic amines is 1. The molecule has 0 spiro atoms. The third kappa shape index (κ3) is 10.3. The minimum absolute atomic E-state index is 0.0585. The summed E-state index contributed by atoms with van der Waals surface area (Å²) in [6.07, 6.45) is 0.530. The molecule has 3 aromatic carbocycles. The first kappa shape index (κ1) is 34.9. The first-order chi connectivity index (χ1) is 23.1. The maximum Gasteiger partial charge on any atom is 0.322 e. The smallest absolute Gasteiger partial charge is 0.322 e. The van der Waals surface area contributed by atoms with Crippen LogP contribution in [0, 0.1) is 6.92 Å². The number of amides is 2. The number of H-pyrrole nitrogens is 1. The molecule has 250 valence electrons. The number of aromatic nitrogens is 2. The lowest BCUT2D eigenvalue weighted by molar-refractivity contribution is -0.143. The summed E-state index contributed by atoms with van der Waals surface area (Å²) in [6, 6.07) is 26.4. The van der Waals surface area contributed by atoms with Crippen LogP contribution in [0.4, 0.5) is 5.95 Å². The van der Waals surface area contributed by atoms with Crippen molar-refractivity contribution in [3.05, 3.63) is 129 Å². The van der Waals surface area contributed by atoms with Crippen LogP contribution in [-0.2, 0) is 27.5 Å². The zero-order chi connectivity index (χ0) is 34.5. The van der Waals surface area contributed by atoms with Gasteiger partial charge in [0.25, 0.3) is 5.56 Å². The molecule has 1 aromatic heterocycles. The summed E-state index contributed by atoms with van der Waals surface area (Å²) in [5, 5.41) is 14.9. The number of benzene rings is 3. The van der Waals surface area contributed by atoms with Crippen molar-refractivity contribution in [1.82, 2.24) is 20.2 Å². The van der Waals surface area contributed by atoms with Crippen LogP contribution < -0.4 is 27.7 Å². The number of carboxylic acids is 1. The summed E-state index contributed by atoms with van der Waals surface area (Å²) in [5.41, 5.74) is 14.5. The predicted octanol–water partition coefficient (Wildman–Crippen LogP) is 2.47. The SMILES string of the molecule is Cc1cc(=O)[nH]c(NCc2ccc(CN(C(=O)C(c3ccccc3)c3ccccc3)[C@H](CCCN=C(N)N)C(=O)NCC(=O)O)cc2)n1. The second-order valence-electron chi connectivity index (χ2n) is 11.2. The van der Waals surface area contributed by atoms with E-state index in [1.54, 1.807) is 6.92 Å². The maximum atomic E-state index is 14.8. The number of hydrogen-bond acceptors (Lipinski definition) is 7. The third-order valence-electron chi connectivity index (χ3n) is 7.52. The summed E-state index contributed by atoms with van der Waals surface area (Å²) in [7, 11) is 0. The number of aliphatic carboxylic acids is 1. The van der Waals surface area contributed by atoms with E-state index < -0.39 is 30.4 Å². The molecule has 8 N–H and O–H groups in total. The monoisotopic (exact) mass is 652 g/mol. The summed E-state index contributed by atoms with van der Waals surface area (Å²) in [5.74, 6) is -2.62. The van der Waals surface area contributed by atoms with Gasteiger partial charge in [0.2, 0.25) is 17.8 Å². The molecule has 1 atom stereocenters. The van der Waals surface area contributed by atoms with Crippen molar-refractivity contribution in [3.63, 3.8) is 0 Å². The molecule has 13 heteroatoms. The molecule has 13 nitrogen and oxygen atoms in total. The van der Waals surface area contributed by atoms with Crippen molar-refractivity contribution >= 4 is 29.7 Å². The van der Waals surface area contributed by atoms with Gasteiger partial charge >= 0.3 is 5.97 Å². The fourth-order valence-corrected chi connectivity index (χ4v) is 5.29. The Morgan fingerprint density at radius 1 is 0.938 bits per heavy atom. The molecule has 0 radical (unpaired) electrons. The van der Waals surface area contributed by atoms with E-state index in [9.17, 15) is 24.3 Å². The fourth-order valence-electron chi connectivity index (χ4n) is 5.29. The molecule has 1 heterocycles. The highest BCUT2D eigenvalue weighted by molar-refractivity contribution is 5.93. The number of anilines is 1. The molecule has 0 aliphatic rings. The number of nitrogens with zero attached hydrogens (tertiary/aromatic N) is 3. The van der Waals surface area contributed by atoms with Crippen LogP contribution in [0.15, 0.2) is 101 Å². The first-order valence-corrected chi connectivity index (χ1v) is 15.5. The molecule has 0 aliphatic heterocycles. The number of carbonyl (C=O) groups is 3. The number of nitrogens with two attached hydrogens (primary N) is 2. The molecule has 0 unspecified atom stereocenters. The first-order valence-electron chi connectivity index (χ1n) is 15.5. The van der Waals surface area contributed by atoms with Crippen LogP contribution >= 0.6 is 0 Å². The molecule has 0 saturated heterocycles. The van der Waals surface area contributed by atoms with Crippen LogP contribution in [0.2, 0.25) is 0 Å². The minimum Gasteiger partial charge on any atom is -0.480 e. The van der Waals surface area contributed by atoms with Crippen LogP contribution in [0.25, 0.3) is 0 Å². The Kier molecular flexibility index (Phi) is 12.4. The lowest BCUT2D eigenvalue weighted by Crippen LogP contribution is -2.51. The van der Waals surface area contributed by atoms with Crippen molar-refractivity contribution in [3.8, 4) is 0 Å². The topological polar surface area (TPSA) is 209 Å². The van der Waals surface area contributed by atoms with Gasteiger partial charge in [0.1, 0.15) is 12.6 Å². The van der Waals surface area contributed by atoms with Crippen molar-refractivity contribution in [2.45, 2.75) is 44.8 Å². The van der Waals surface area contributed by atoms with Crippen molar-refractivity contribution in [1.29, 1.82) is 0 Å². The van der Waals surface area contributed by atoms with Crippen molar-refractivity contribution < 1.29 is 19.5 Å². The van der Waals surface area contributed by atoms with E-state index in [0.29, 0.717) is 24.6 Å². The number of hydrogen-bond donors (Lipinski definition) is 6. The second-order valence-corrected chi connectivity index (χ2v) is 11.2. The van der Waals surface area contributed by atoms with E-state index in [-0.39, 0.29) is 36.9 Å². The van der Waals surface area contributed by atoms with E-state index in [2.05, 4.69) is 25.6 Å². The van der Waals surface area contributed by atoms with E-state index in [1.807, 2.05) is 84.9 Å². The molecule has 0 aliphatic carbocycles. The maximum absolute atomic E-state index is 14.8. The number of guanidine groups is 1. The van der Waals surface area contributed by atoms with Crippen molar-refractivity contribution in [2.75, 3.05) is 18.4 Å². The van der Waals surface area contributed by atoms with Gasteiger partial charge in [-0.25, -0.2) is 4.98 Å². The highest BCUT2D eigenvalue weighted by atomic mass is 16.4. The standard InChI is InChI=1S/C35H40N8O5/c1-23-19-29(44)42-35(41-23)40-20-24-14-16-25(17-15-24)22-43(28(13-8-18-38-34(36)37)32(47)39-21-30(45)46)33(48)31(26-9-4-2-5-10-26)27-11-6-3-7-12-27/h2-7,9-12,14-17,19,28,31H,8,13,18,20-22H2,1H3,(H,39,47)(H,45,46)(H4,36,37,38)(H2,40,41,42,44)/t28-/m1/s1. The number of rotatable bonds is 16. The molecule has 2 amide bonds. The Morgan fingerprint density at radius 3 is 2.10 bits per heavy atom. The summed E-state index contributed by atoms with van der Waals surface area (Å²) in [6.45, 7) is 1.79. The Balaban J connectivity index is 1.68. The Hall–Kier alpha value is -5.98. The molecular weight excluding hydrogens is 612 g/mol. The van der Waals surface area contributed by atoms with Crippen molar-refractivity contribution in [2.24, 2.45) is 16.5 Å². The van der Waals surface area contributed by atoms with Crippen LogP contribution in [-0.4, -0.2) is 62.8 Å². The molecule has 4 rings (SSSR count). The summed E-state index contributed by atoms with van der Waals surface area (Å²) >= 11 is 0. The summed E-state index contributed by atoms with van der Waals surface area (Å²) < 4.78 is 0. The van der Waals surface area contributed by atoms with Crippen LogP contribution in [0.1, 0.15) is 46.7 Å². The molecular formula is C35H40N8O5. The Bertz CT molecular complexity index is 1720. The Morgan fingerprint density at radius 2 is 1.54 bits per heavy atom. The number of aliphatic imine (C=N–C) groups is 1. The minimum atomic E-state index is -1.21. The fraction of sp³-hybridized carbons (Fsp3) is 0.257. The number of nitrogens with one attached hydrogen (secondary N) is 3. The molecule has 0 bridgehead atoms. The van der Waals surface area contributed by atoms with Crippen LogP contribution in [0.3, 0.4) is 0 Å². The van der Waals surface area contributed by atoms with Gasteiger partial charge < -0.3 is 32.1 Å². The number of carbonyl (C=O) groups excluding carboxylic acids is 2. The van der Waals surface area contributed by atoms with Gasteiger partial charge in [0.15, 0.2) is 5.96 Å². The largest absolute Gasteiger partial charge is 0.480 e. The number of carboxylic acid groups (broad SMARTS) is 1. The van der Waals surface area contributed by atoms with Gasteiger partial charge in [0.05, 0.1) is 5.92 Å². The normalized spacial score (nSPS) is 11.4. The van der Waals surface area contributed by atoms with Gasteiger partial charge in [-0.3, -0.25) is 29.2 Å². The molecule has 0 saturated carbocycles. The van der Waals surface area contributed by atoms with E-state index in [0.717, 1.165) is 22.3 Å². The molecule has 4 aromatic rings. The highest BCUT2D eigenvalue weighted by Crippen LogP contribution is 2.29. The van der Waals surface area contributed by atoms with Gasteiger partial charge in [-0.2, -0.15) is 0 Å². The van der Waals surface area contributed by atoms with E-state index in [4.69, 9.17) is 11.5 Å². The van der Waals surface area contributed by atoms with E-state index >= 15 is 0 Å². The lowest BCUT2D eigenvalue weighted by atomic mass is 9.89. The lowest BCUT2D eigenvalue weighted by Gasteiger charge is -2.34. The zero-order valence-electron chi connectivity index (χ0n) is 26.6. The van der Waals surface area contributed by atoms with Gasteiger partial charge in [-0.1, -0.05) is 84.9 Å². The number of aryl methyl sites for hydroxylation is 1. The average molecular weight is 653 g/mol. The molecule has 0 fully saturated rings. The zero-order valence-corrected chi connectivity index (χ0v) is 26.6. The second kappa shape index (κ2) is 17.1. The van der Waals surface area contributed by atoms with E-state index in [1.165, 1.54) is 11.0 Å².